The van der Waals surface area contributed by atoms with E-state index in [0.29, 0.717) is 0 Å². The standard InChI is InChI=1S/C12H16F2O7/c1-2-11(17)20-6-8(15)4-19-5-9(16)7-21-12(18)3-10(13)14/h2-3,8-9,15-16H,1,4-7H2. The van der Waals surface area contributed by atoms with Crippen LogP contribution in [0.15, 0.2) is 24.8 Å². The van der Waals surface area contributed by atoms with Crippen molar-refractivity contribution in [2.45, 2.75) is 12.2 Å². The number of aliphatic hydroxyl groups excluding tert-OH is 2. The van der Waals surface area contributed by atoms with Crippen molar-refractivity contribution in [1.29, 1.82) is 0 Å². The van der Waals surface area contributed by atoms with Gasteiger partial charge in [0.1, 0.15) is 25.4 Å². The molecule has 0 aliphatic rings. The monoisotopic (exact) mass is 310 g/mol. The lowest BCUT2D eigenvalue weighted by Gasteiger charge is -2.14. The van der Waals surface area contributed by atoms with Crippen LogP contribution in [0.5, 0.6) is 0 Å². The molecule has 2 atom stereocenters. The van der Waals surface area contributed by atoms with Crippen molar-refractivity contribution in [1.82, 2.24) is 0 Å². The molecule has 0 aromatic heterocycles. The summed E-state index contributed by atoms with van der Waals surface area (Å²) in [4.78, 5) is 21.4. The van der Waals surface area contributed by atoms with Gasteiger partial charge in [0, 0.05) is 6.08 Å². The summed E-state index contributed by atoms with van der Waals surface area (Å²) in [6.07, 6.45) is -3.64. The second-order valence-electron chi connectivity index (χ2n) is 3.74. The smallest absolute Gasteiger partial charge is 0.336 e. The molecule has 0 saturated heterocycles. The van der Waals surface area contributed by atoms with E-state index in [4.69, 9.17) is 4.74 Å². The van der Waals surface area contributed by atoms with E-state index in [0.717, 1.165) is 6.08 Å². The van der Waals surface area contributed by atoms with E-state index in [1.807, 2.05) is 0 Å². The molecule has 21 heavy (non-hydrogen) atoms. The molecular formula is C12H16F2O7. The van der Waals surface area contributed by atoms with E-state index < -0.39 is 36.8 Å². The average Bonchev–Trinajstić information content (AvgIpc) is 2.41. The molecule has 0 aliphatic heterocycles. The summed E-state index contributed by atoms with van der Waals surface area (Å²) in [5.41, 5.74) is 0. The molecule has 2 unspecified atom stereocenters. The molecule has 0 aromatic rings. The number of carbonyl (C=O) groups excluding carboxylic acids is 2. The van der Waals surface area contributed by atoms with Gasteiger partial charge in [-0.2, -0.15) is 8.78 Å². The Morgan fingerprint density at radius 1 is 1.00 bits per heavy atom. The van der Waals surface area contributed by atoms with Crippen LogP contribution >= 0.6 is 0 Å². The van der Waals surface area contributed by atoms with E-state index >= 15 is 0 Å². The Balaban J connectivity index is 3.72. The van der Waals surface area contributed by atoms with Gasteiger partial charge >= 0.3 is 11.9 Å². The molecule has 0 aromatic carbocycles. The molecule has 7 nitrogen and oxygen atoms in total. The highest BCUT2D eigenvalue weighted by atomic mass is 19.3. The van der Waals surface area contributed by atoms with Crippen LogP contribution in [-0.2, 0) is 23.8 Å². The zero-order valence-electron chi connectivity index (χ0n) is 11.0. The third-order valence-electron chi connectivity index (χ3n) is 1.85. The predicted molar refractivity (Wildman–Crippen MR) is 65.2 cm³/mol. The largest absolute Gasteiger partial charge is 0.460 e. The van der Waals surface area contributed by atoms with Gasteiger partial charge in [-0.05, 0) is 0 Å². The minimum absolute atomic E-state index is 0.0225. The topological polar surface area (TPSA) is 102 Å². The maximum absolute atomic E-state index is 11.7. The van der Waals surface area contributed by atoms with Crippen molar-refractivity contribution in [2.75, 3.05) is 26.4 Å². The Morgan fingerprint density at radius 3 is 1.90 bits per heavy atom. The SMILES string of the molecule is C=CC(=O)OCC(O)COCC(O)COC(=O)C=C(F)F. The van der Waals surface area contributed by atoms with E-state index in [9.17, 15) is 28.6 Å². The van der Waals surface area contributed by atoms with Crippen LogP contribution in [0.2, 0.25) is 0 Å². The van der Waals surface area contributed by atoms with Crippen LogP contribution in [-0.4, -0.2) is 60.8 Å². The van der Waals surface area contributed by atoms with E-state index in [2.05, 4.69) is 16.1 Å². The number of carbonyl (C=O) groups is 2. The summed E-state index contributed by atoms with van der Waals surface area (Å²) in [6.45, 7) is 1.77. The van der Waals surface area contributed by atoms with Gasteiger partial charge in [0.25, 0.3) is 6.08 Å². The van der Waals surface area contributed by atoms with Crippen LogP contribution in [0.25, 0.3) is 0 Å². The Morgan fingerprint density at radius 2 is 1.48 bits per heavy atom. The van der Waals surface area contributed by atoms with Crippen molar-refractivity contribution < 1.29 is 42.8 Å². The second kappa shape index (κ2) is 10.9. The third-order valence-corrected chi connectivity index (χ3v) is 1.85. The van der Waals surface area contributed by atoms with Crippen molar-refractivity contribution in [2.24, 2.45) is 0 Å². The molecule has 0 spiro atoms. The molecule has 0 fully saturated rings. The summed E-state index contributed by atoms with van der Waals surface area (Å²) >= 11 is 0. The molecule has 0 rings (SSSR count). The number of hydrogen-bond acceptors (Lipinski definition) is 7. The predicted octanol–water partition coefficient (Wildman–Crippen LogP) is -0.222. The summed E-state index contributed by atoms with van der Waals surface area (Å²) < 4.78 is 37.0. The number of ether oxygens (including phenoxy) is 3. The van der Waals surface area contributed by atoms with Crippen LogP contribution in [0.1, 0.15) is 0 Å². The second-order valence-corrected chi connectivity index (χ2v) is 3.74. The van der Waals surface area contributed by atoms with Gasteiger partial charge in [-0.15, -0.1) is 0 Å². The van der Waals surface area contributed by atoms with Crippen molar-refractivity contribution in [3.8, 4) is 0 Å². The van der Waals surface area contributed by atoms with Crippen molar-refractivity contribution in [3.63, 3.8) is 0 Å². The molecule has 0 heterocycles. The fraction of sp³-hybridized carbons (Fsp3) is 0.500. The maximum Gasteiger partial charge on any atom is 0.336 e. The highest BCUT2D eigenvalue weighted by Crippen LogP contribution is 1.98. The molecule has 0 aliphatic carbocycles. The molecular weight excluding hydrogens is 294 g/mol. The van der Waals surface area contributed by atoms with Gasteiger partial charge in [0.05, 0.1) is 19.3 Å². The highest BCUT2D eigenvalue weighted by Gasteiger charge is 2.11. The first-order chi connectivity index (χ1) is 9.85. The number of aliphatic hydroxyl groups is 2. The summed E-state index contributed by atoms with van der Waals surface area (Å²) in [7, 11) is 0. The fourth-order valence-corrected chi connectivity index (χ4v) is 0.983. The fourth-order valence-electron chi connectivity index (χ4n) is 0.983. The molecule has 0 bridgehead atoms. The summed E-state index contributed by atoms with van der Waals surface area (Å²) in [6, 6.07) is 0. The Labute approximate surface area is 119 Å². The Kier molecular flexibility index (Phi) is 9.94. The lowest BCUT2D eigenvalue weighted by molar-refractivity contribution is -0.143. The first-order valence-electron chi connectivity index (χ1n) is 5.77. The summed E-state index contributed by atoms with van der Waals surface area (Å²) in [5.74, 6) is -1.99. The first kappa shape index (κ1) is 19.2. The molecule has 9 heteroatoms. The van der Waals surface area contributed by atoms with Crippen LogP contribution in [0, 0.1) is 0 Å². The number of hydrogen-bond donors (Lipinski definition) is 2. The minimum atomic E-state index is -2.21. The van der Waals surface area contributed by atoms with Gasteiger partial charge in [-0.25, -0.2) is 9.59 Å². The number of rotatable bonds is 10. The normalized spacial score (nSPS) is 13.0. The molecule has 120 valence electrons. The summed E-state index contributed by atoms with van der Waals surface area (Å²) in [5, 5.41) is 18.6. The van der Waals surface area contributed by atoms with Gasteiger partial charge < -0.3 is 24.4 Å². The van der Waals surface area contributed by atoms with Crippen molar-refractivity contribution >= 4 is 11.9 Å². The molecule has 0 amide bonds. The zero-order valence-corrected chi connectivity index (χ0v) is 11.0. The van der Waals surface area contributed by atoms with E-state index in [1.54, 1.807) is 0 Å². The Hall–Kier alpha value is -1.84. The van der Waals surface area contributed by atoms with Crippen molar-refractivity contribution in [3.05, 3.63) is 24.8 Å². The van der Waals surface area contributed by atoms with Gasteiger partial charge in [-0.1, -0.05) is 6.58 Å². The number of esters is 2. The van der Waals surface area contributed by atoms with Gasteiger partial charge in [0.15, 0.2) is 0 Å². The highest BCUT2D eigenvalue weighted by molar-refractivity contribution is 5.82. The van der Waals surface area contributed by atoms with Crippen LogP contribution in [0.4, 0.5) is 8.78 Å². The van der Waals surface area contributed by atoms with Crippen LogP contribution < -0.4 is 0 Å². The maximum atomic E-state index is 11.7. The van der Waals surface area contributed by atoms with E-state index in [-0.39, 0.29) is 25.9 Å². The molecule has 2 N–H and O–H groups in total. The number of halogens is 2. The van der Waals surface area contributed by atoms with E-state index in [1.165, 1.54) is 0 Å². The quantitative estimate of drug-likeness (QED) is 0.425. The lowest BCUT2D eigenvalue weighted by Crippen LogP contribution is -2.28. The zero-order chi connectivity index (χ0) is 16.3. The minimum Gasteiger partial charge on any atom is -0.460 e. The van der Waals surface area contributed by atoms with Crippen LogP contribution in [0.3, 0.4) is 0 Å². The van der Waals surface area contributed by atoms with Gasteiger partial charge in [-0.3, -0.25) is 0 Å². The molecule has 0 saturated carbocycles. The van der Waals surface area contributed by atoms with Gasteiger partial charge in [0.2, 0.25) is 0 Å². The Bertz CT molecular complexity index is 380. The molecule has 0 radical (unpaired) electrons. The third kappa shape index (κ3) is 11.7. The lowest BCUT2D eigenvalue weighted by atomic mass is 10.4. The first-order valence-corrected chi connectivity index (χ1v) is 5.77. The average molecular weight is 310 g/mol.